The number of halogens is 1. The summed E-state index contributed by atoms with van der Waals surface area (Å²) in [6.45, 7) is 4.98. The second-order valence-electron chi connectivity index (χ2n) is 7.43. The summed E-state index contributed by atoms with van der Waals surface area (Å²) >= 11 is 7.90. The molecule has 0 fully saturated rings. The Bertz CT molecular complexity index is 1310. The van der Waals surface area contributed by atoms with Gasteiger partial charge in [0.05, 0.1) is 35.9 Å². The summed E-state index contributed by atoms with van der Waals surface area (Å²) in [5.41, 5.74) is 4.95. The predicted molar refractivity (Wildman–Crippen MR) is 117 cm³/mol. The van der Waals surface area contributed by atoms with Gasteiger partial charge in [-0.1, -0.05) is 11.6 Å². The van der Waals surface area contributed by atoms with Crippen molar-refractivity contribution in [2.75, 3.05) is 5.32 Å². The van der Waals surface area contributed by atoms with E-state index in [1.807, 2.05) is 29.8 Å². The van der Waals surface area contributed by atoms with E-state index >= 15 is 0 Å². The summed E-state index contributed by atoms with van der Waals surface area (Å²) in [5.74, 6) is 0. The Morgan fingerprint density at radius 2 is 1.82 bits per heavy atom. The first kappa shape index (κ1) is 19.1. The summed E-state index contributed by atoms with van der Waals surface area (Å²) in [4.78, 5) is 8.79. The molecule has 5 nitrogen and oxygen atoms in total. The van der Waals surface area contributed by atoms with Crippen molar-refractivity contribution in [3.8, 4) is 0 Å². The first-order valence-electron chi connectivity index (χ1n) is 8.60. The van der Waals surface area contributed by atoms with Gasteiger partial charge in [0.15, 0.2) is 9.84 Å². The predicted octanol–water partition coefficient (Wildman–Crippen LogP) is 5.81. The molecule has 0 bridgehead atoms. The largest absolute Gasteiger partial charge is 0.355 e. The van der Waals surface area contributed by atoms with E-state index in [1.54, 1.807) is 50.4 Å². The number of aromatic nitrogens is 2. The molecule has 0 unspecified atom stereocenters. The van der Waals surface area contributed by atoms with Crippen LogP contribution < -0.4 is 5.32 Å². The van der Waals surface area contributed by atoms with Crippen LogP contribution in [0.3, 0.4) is 0 Å². The second-order valence-corrected chi connectivity index (χ2v) is 11.4. The zero-order chi connectivity index (χ0) is 20.1. The monoisotopic (exact) mass is 431 g/mol. The number of sulfone groups is 1. The Labute approximate surface area is 172 Å². The maximum atomic E-state index is 13.0. The number of benzene rings is 2. The summed E-state index contributed by atoms with van der Waals surface area (Å²) in [6, 6.07) is 11.0. The van der Waals surface area contributed by atoms with E-state index in [0.29, 0.717) is 10.9 Å². The number of hydrogen-bond acceptors (Lipinski definition) is 6. The smallest absolute Gasteiger partial charge is 0.184 e. The lowest BCUT2D eigenvalue weighted by molar-refractivity contribution is 0.560. The van der Waals surface area contributed by atoms with Crippen LogP contribution >= 0.6 is 22.9 Å². The molecule has 0 radical (unpaired) electrons. The fourth-order valence-corrected chi connectivity index (χ4v) is 5.25. The molecular weight excluding hydrogens is 414 g/mol. The van der Waals surface area contributed by atoms with E-state index in [0.717, 1.165) is 21.6 Å². The number of hydrogen-bond donors (Lipinski definition) is 1. The van der Waals surface area contributed by atoms with Gasteiger partial charge in [0.1, 0.15) is 0 Å². The number of anilines is 2. The first-order chi connectivity index (χ1) is 13.2. The number of nitrogens with zero attached hydrogens (tertiary/aromatic N) is 2. The minimum absolute atomic E-state index is 0.111. The van der Waals surface area contributed by atoms with Gasteiger partial charge in [-0.15, -0.1) is 11.3 Å². The third kappa shape index (κ3) is 3.23. The number of pyridine rings is 1. The van der Waals surface area contributed by atoms with Gasteiger partial charge in [0.25, 0.3) is 0 Å². The fraction of sp³-hybridized carbons (Fsp3) is 0.200. The van der Waals surface area contributed by atoms with Crippen LogP contribution in [0.5, 0.6) is 0 Å². The lowest BCUT2D eigenvalue weighted by Gasteiger charge is -2.21. The highest BCUT2D eigenvalue weighted by atomic mass is 35.5. The molecule has 0 spiro atoms. The molecule has 144 valence electrons. The van der Waals surface area contributed by atoms with Crippen molar-refractivity contribution < 1.29 is 8.42 Å². The average molecular weight is 432 g/mol. The third-order valence-electron chi connectivity index (χ3n) is 4.50. The van der Waals surface area contributed by atoms with Gasteiger partial charge >= 0.3 is 0 Å². The second kappa shape index (κ2) is 6.69. The highest BCUT2D eigenvalue weighted by Gasteiger charge is 2.33. The van der Waals surface area contributed by atoms with E-state index in [1.165, 1.54) is 0 Å². The van der Waals surface area contributed by atoms with Crippen LogP contribution in [0.15, 0.2) is 53.0 Å². The van der Waals surface area contributed by atoms with E-state index in [2.05, 4.69) is 15.3 Å². The highest BCUT2D eigenvalue weighted by molar-refractivity contribution is 7.92. The van der Waals surface area contributed by atoms with Crippen LogP contribution in [0.2, 0.25) is 5.02 Å². The van der Waals surface area contributed by atoms with Gasteiger partial charge in [-0.2, -0.15) is 0 Å². The molecule has 2 aromatic heterocycles. The van der Waals surface area contributed by atoms with Gasteiger partial charge in [-0.05, 0) is 57.2 Å². The molecule has 4 aromatic rings. The Morgan fingerprint density at radius 3 is 2.57 bits per heavy atom. The van der Waals surface area contributed by atoms with Crippen molar-refractivity contribution in [2.24, 2.45) is 0 Å². The van der Waals surface area contributed by atoms with Crippen LogP contribution in [0.25, 0.3) is 21.1 Å². The lowest BCUT2D eigenvalue weighted by Crippen LogP contribution is -2.28. The Morgan fingerprint density at radius 1 is 1.04 bits per heavy atom. The molecule has 0 saturated heterocycles. The van der Waals surface area contributed by atoms with Gasteiger partial charge in [-0.25, -0.2) is 13.4 Å². The zero-order valence-electron chi connectivity index (χ0n) is 15.5. The van der Waals surface area contributed by atoms with Crippen LogP contribution in [-0.4, -0.2) is 23.1 Å². The SMILES string of the molecule is CC(C)(C)S(=O)(=O)c1cc2c(Nc3ccc4scnc4c3)ccnc2cc1Cl. The minimum Gasteiger partial charge on any atom is -0.355 e. The molecule has 1 N–H and O–H groups in total. The summed E-state index contributed by atoms with van der Waals surface area (Å²) in [6.07, 6.45) is 1.67. The van der Waals surface area contributed by atoms with Crippen LogP contribution in [0, 0.1) is 0 Å². The first-order valence-corrected chi connectivity index (χ1v) is 11.3. The van der Waals surface area contributed by atoms with Gasteiger partial charge in [0, 0.05) is 23.0 Å². The molecule has 4 rings (SSSR count). The average Bonchev–Trinajstić information content (AvgIpc) is 3.08. The fourth-order valence-electron chi connectivity index (χ4n) is 2.88. The molecule has 8 heteroatoms. The van der Waals surface area contributed by atoms with Crippen LogP contribution in [0.1, 0.15) is 20.8 Å². The van der Waals surface area contributed by atoms with Crippen molar-refractivity contribution in [1.29, 1.82) is 0 Å². The van der Waals surface area contributed by atoms with Crippen molar-refractivity contribution >= 4 is 65.3 Å². The molecule has 0 aliphatic carbocycles. The summed E-state index contributed by atoms with van der Waals surface area (Å²) in [7, 11) is -3.61. The van der Waals surface area contributed by atoms with Crippen LogP contribution in [0.4, 0.5) is 11.4 Å². The quantitative estimate of drug-likeness (QED) is 0.443. The van der Waals surface area contributed by atoms with Gasteiger partial charge < -0.3 is 5.32 Å². The molecule has 0 aliphatic heterocycles. The maximum Gasteiger partial charge on any atom is 0.184 e. The number of nitrogens with one attached hydrogen (secondary N) is 1. The normalized spacial score (nSPS) is 12.6. The molecule has 0 saturated carbocycles. The molecule has 0 amide bonds. The molecule has 0 aliphatic rings. The molecule has 28 heavy (non-hydrogen) atoms. The van der Waals surface area contributed by atoms with E-state index in [-0.39, 0.29) is 9.92 Å². The topological polar surface area (TPSA) is 72.0 Å². The number of thiazole rings is 1. The van der Waals surface area contributed by atoms with Crippen molar-refractivity contribution in [3.05, 3.63) is 53.1 Å². The molecule has 2 aromatic carbocycles. The summed E-state index contributed by atoms with van der Waals surface area (Å²) in [5, 5.41) is 4.22. The van der Waals surface area contributed by atoms with Crippen LogP contribution in [-0.2, 0) is 9.84 Å². The Balaban J connectivity index is 1.86. The zero-order valence-corrected chi connectivity index (χ0v) is 17.9. The Hall–Kier alpha value is -2.22. The highest BCUT2D eigenvalue weighted by Crippen LogP contribution is 2.36. The van der Waals surface area contributed by atoms with E-state index in [9.17, 15) is 8.42 Å². The standard InChI is InChI=1S/C20H18ClN3O2S2/c1-20(2,3)28(25,26)19-9-13-15(6-7-22-16(13)10-14(19)21)24-12-4-5-18-17(8-12)23-11-27-18/h4-11H,1-3H3,(H,22,24). The Kier molecular flexibility index (Phi) is 4.56. The third-order valence-corrected chi connectivity index (χ3v) is 8.26. The van der Waals surface area contributed by atoms with Gasteiger partial charge in [-0.3, -0.25) is 4.98 Å². The number of rotatable bonds is 3. The minimum atomic E-state index is -3.61. The van der Waals surface area contributed by atoms with Crippen molar-refractivity contribution in [1.82, 2.24) is 9.97 Å². The summed E-state index contributed by atoms with van der Waals surface area (Å²) < 4.78 is 26.1. The maximum absolute atomic E-state index is 13.0. The molecule has 2 heterocycles. The van der Waals surface area contributed by atoms with Crippen molar-refractivity contribution in [2.45, 2.75) is 30.4 Å². The molecule has 0 atom stereocenters. The van der Waals surface area contributed by atoms with Crippen molar-refractivity contribution in [3.63, 3.8) is 0 Å². The van der Waals surface area contributed by atoms with E-state index in [4.69, 9.17) is 11.6 Å². The van der Waals surface area contributed by atoms with E-state index < -0.39 is 14.6 Å². The number of fused-ring (bicyclic) bond motifs is 2. The molecular formula is C20H18ClN3O2S2. The lowest BCUT2D eigenvalue weighted by atomic mass is 10.1. The van der Waals surface area contributed by atoms with Gasteiger partial charge in [0.2, 0.25) is 0 Å².